The van der Waals surface area contributed by atoms with E-state index in [-0.39, 0.29) is 6.42 Å². The van der Waals surface area contributed by atoms with Crippen LogP contribution in [-0.2, 0) is 61.9 Å². The summed E-state index contributed by atoms with van der Waals surface area (Å²) < 4.78 is 36.5. The van der Waals surface area contributed by atoms with Crippen molar-refractivity contribution in [3.05, 3.63) is 11.6 Å². The lowest BCUT2D eigenvalue weighted by Gasteiger charge is -2.48. The number of rotatable bonds is 9. The molecule has 0 spiro atoms. The Kier molecular flexibility index (Phi) is 10.5. The van der Waals surface area contributed by atoms with Crippen molar-refractivity contribution in [2.75, 3.05) is 6.61 Å². The minimum absolute atomic E-state index is 0.240. The molecular formula is C20H25ClO13. The quantitative estimate of drug-likeness (QED) is 0.184. The van der Waals surface area contributed by atoms with E-state index in [9.17, 15) is 28.8 Å². The lowest BCUT2D eigenvalue weighted by molar-refractivity contribution is -0.432. The van der Waals surface area contributed by atoms with Gasteiger partial charge in [0.15, 0.2) is 12.2 Å². The SMILES string of the molecule is C=C(Cl)C(=O)OC[C@H]1O[C@@](OC(C)=O)(OC(=O)CC)[C@@H](OC(C)=O)[C@@H](OC(C)=O)[C@@H]1OC(C)=O. The van der Waals surface area contributed by atoms with Crippen LogP contribution in [-0.4, -0.2) is 72.8 Å². The smallest absolute Gasteiger partial charge is 0.420 e. The van der Waals surface area contributed by atoms with Gasteiger partial charge in [-0.15, -0.1) is 0 Å². The Morgan fingerprint density at radius 2 is 1.38 bits per heavy atom. The molecule has 190 valence electrons. The number of ether oxygens (including phenoxy) is 7. The van der Waals surface area contributed by atoms with Crippen LogP contribution in [0.4, 0.5) is 0 Å². The molecule has 0 unspecified atom stereocenters. The second-order valence-corrected chi connectivity index (χ2v) is 7.32. The van der Waals surface area contributed by atoms with Crippen molar-refractivity contribution < 1.29 is 61.9 Å². The van der Waals surface area contributed by atoms with Crippen LogP contribution in [0.3, 0.4) is 0 Å². The van der Waals surface area contributed by atoms with Crippen LogP contribution in [0.1, 0.15) is 41.0 Å². The molecular weight excluding hydrogens is 484 g/mol. The maximum atomic E-state index is 12.2. The van der Waals surface area contributed by atoms with Crippen molar-refractivity contribution in [1.29, 1.82) is 0 Å². The van der Waals surface area contributed by atoms with Crippen molar-refractivity contribution in [3.63, 3.8) is 0 Å². The Labute approximate surface area is 199 Å². The molecule has 0 radical (unpaired) electrons. The maximum Gasteiger partial charge on any atom is 0.420 e. The zero-order valence-corrected chi connectivity index (χ0v) is 19.9. The topological polar surface area (TPSA) is 167 Å². The van der Waals surface area contributed by atoms with Crippen molar-refractivity contribution in [2.45, 2.75) is 71.4 Å². The van der Waals surface area contributed by atoms with Crippen molar-refractivity contribution in [3.8, 4) is 0 Å². The van der Waals surface area contributed by atoms with Gasteiger partial charge in [0.05, 0.1) is 0 Å². The summed E-state index contributed by atoms with van der Waals surface area (Å²) in [6, 6.07) is 0. The summed E-state index contributed by atoms with van der Waals surface area (Å²) in [4.78, 5) is 71.5. The molecule has 1 saturated heterocycles. The van der Waals surface area contributed by atoms with E-state index < -0.39 is 77.8 Å². The molecule has 1 aliphatic rings. The van der Waals surface area contributed by atoms with Crippen molar-refractivity contribution >= 4 is 47.4 Å². The average Bonchev–Trinajstić information content (AvgIpc) is 2.69. The summed E-state index contributed by atoms with van der Waals surface area (Å²) >= 11 is 5.50. The fourth-order valence-electron chi connectivity index (χ4n) is 2.88. The van der Waals surface area contributed by atoms with E-state index in [1.807, 2.05) is 0 Å². The van der Waals surface area contributed by atoms with E-state index in [0.29, 0.717) is 0 Å². The molecule has 1 heterocycles. The Balaban J connectivity index is 3.70. The van der Waals surface area contributed by atoms with E-state index in [0.717, 1.165) is 27.7 Å². The first-order valence-electron chi connectivity index (χ1n) is 9.84. The second kappa shape index (κ2) is 12.3. The average molecular weight is 509 g/mol. The van der Waals surface area contributed by atoms with Gasteiger partial charge in [-0.2, -0.15) is 0 Å². The van der Waals surface area contributed by atoms with E-state index >= 15 is 0 Å². The van der Waals surface area contributed by atoms with Gasteiger partial charge in [-0.3, -0.25) is 28.7 Å². The third-order valence-electron chi connectivity index (χ3n) is 3.98. The summed E-state index contributed by atoms with van der Waals surface area (Å²) in [5, 5.41) is -0.502. The lowest BCUT2D eigenvalue weighted by Crippen LogP contribution is -2.70. The fraction of sp³-hybridized carbons (Fsp3) is 0.600. The number of carbonyl (C=O) groups is 6. The fourth-order valence-corrected chi connectivity index (χ4v) is 2.94. The third-order valence-corrected chi connectivity index (χ3v) is 4.13. The van der Waals surface area contributed by atoms with Gasteiger partial charge in [-0.1, -0.05) is 25.1 Å². The summed E-state index contributed by atoms with van der Waals surface area (Å²) in [6.45, 7) is 7.77. The van der Waals surface area contributed by atoms with Crippen LogP contribution in [0.5, 0.6) is 0 Å². The number of esters is 6. The summed E-state index contributed by atoms with van der Waals surface area (Å²) in [5.74, 6) is -8.74. The van der Waals surface area contributed by atoms with Gasteiger partial charge in [-0.05, 0) is 0 Å². The van der Waals surface area contributed by atoms with Crippen LogP contribution < -0.4 is 0 Å². The number of halogens is 1. The van der Waals surface area contributed by atoms with E-state index in [1.165, 1.54) is 6.92 Å². The lowest BCUT2D eigenvalue weighted by atomic mass is 9.96. The first kappa shape index (κ1) is 28.8. The van der Waals surface area contributed by atoms with Gasteiger partial charge in [-0.25, -0.2) is 4.79 Å². The molecule has 34 heavy (non-hydrogen) atoms. The monoisotopic (exact) mass is 508 g/mol. The van der Waals surface area contributed by atoms with Crippen LogP contribution in [0.2, 0.25) is 0 Å². The Bertz CT molecular complexity index is 853. The van der Waals surface area contributed by atoms with Gasteiger partial charge < -0.3 is 28.4 Å². The molecule has 5 atom stereocenters. The molecule has 0 saturated carbocycles. The van der Waals surface area contributed by atoms with Gasteiger partial charge in [0.2, 0.25) is 6.10 Å². The minimum Gasteiger partial charge on any atom is -0.459 e. The van der Waals surface area contributed by atoms with E-state index in [4.69, 9.17) is 44.8 Å². The highest BCUT2D eigenvalue weighted by molar-refractivity contribution is 6.40. The van der Waals surface area contributed by atoms with Gasteiger partial charge in [0, 0.05) is 34.1 Å². The molecule has 0 amide bonds. The number of carbonyl (C=O) groups excluding carboxylic acids is 6. The molecule has 14 heteroatoms. The van der Waals surface area contributed by atoms with Gasteiger partial charge in [0.25, 0.3) is 0 Å². The molecule has 13 nitrogen and oxygen atoms in total. The molecule has 1 rings (SSSR count). The molecule has 0 aliphatic carbocycles. The Hall–Kier alpha value is -3.19. The van der Waals surface area contributed by atoms with Crippen LogP contribution >= 0.6 is 11.6 Å². The van der Waals surface area contributed by atoms with Gasteiger partial charge >= 0.3 is 41.8 Å². The highest BCUT2D eigenvalue weighted by Gasteiger charge is 2.65. The zero-order chi connectivity index (χ0) is 26.2. The molecule has 1 aliphatic heterocycles. The molecule has 0 bridgehead atoms. The van der Waals surface area contributed by atoms with Crippen molar-refractivity contribution in [1.82, 2.24) is 0 Å². The Morgan fingerprint density at radius 3 is 1.82 bits per heavy atom. The van der Waals surface area contributed by atoms with Crippen LogP contribution in [0, 0.1) is 0 Å². The molecule has 0 aromatic rings. The van der Waals surface area contributed by atoms with Crippen molar-refractivity contribution in [2.24, 2.45) is 0 Å². The largest absolute Gasteiger partial charge is 0.459 e. The summed E-state index contributed by atoms with van der Waals surface area (Å²) in [7, 11) is 0. The standard InChI is InChI=1S/C20H25ClO13/c1-7-15(26)34-20(32-13(6)25)18(31-12(5)24)17(30-11(4)23)16(29-10(3)22)14(33-20)8-28-19(27)9(2)21/h14,16-18H,2,7-8H2,1,3-6H3/t14-,16-,17+,18+,20-/m1/s1. The first-order valence-corrected chi connectivity index (χ1v) is 10.2. The van der Waals surface area contributed by atoms with Crippen LogP contribution in [0.15, 0.2) is 11.6 Å². The highest BCUT2D eigenvalue weighted by Crippen LogP contribution is 2.38. The highest BCUT2D eigenvalue weighted by atomic mass is 35.5. The summed E-state index contributed by atoms with van der Waals surface area (Å²) in [6.07, 6.45) is -7.11. The van der Waals surface area contributed by atoms with E-state index in [2.05, 4.69) is 6.58 Å². The summed E-state index contributed by atoms with van der Waals surface area (Å²) in [5.41, 5.74) is 0. The third kappa shape index (κ3) is 7.99. The zero-order valence-electron chi connectivity index (χ0n) is 19.1. The second-order valence-electron chi connectivity index (χ2n) is 6.86. The van der Waals surface area contributed by atoms with Crippen LogP contribution in [0.25, 0.3) is 0 Å². The molecule has 0 N–H and O–H groups in total. The molecule has 1 fully saturated rings. The van der Waals surface area contributed by atoms with E-state index in [1.54, 1.807) is 0 Å². The predicted molar refractivity (Wildman–Crippen MR) is 108 cm³/mol. The molecule has 0 aromatic heterocycles. The Morgan fingerprint density at radius 1 is 0.853 bits per heavy atom. The maximum absolute atomic E-state index is 12.2. The first-order chi connectivity index (χ1) is 15.7. The number of hydrogen-bond acceptors (Lipinski definition) is 13. The predicted octanol–water partition coefficient (Wildman–Crippen LogP) is 0.646. The molecule has 0 aromatic carbocycles. The minimum atomic E-state index is -2.81. The normalized spacial score (nSPS) is 25.8. The van der Waals surface area contributed by atoms with Gasteiger partial charge in [0.1, 0.15) is 17.7 Å². The number of hydrogen-bond donors (Lipinski definition) is 0.